The Labute approximate surface area is 205 Å². The summed E-state index contributed by atoms with van der Waals surface area (Å²) in [6.07, 6.45) is -19.3. The average molecular weight is 529 g/mol. The van der Waals surface area contributed by atoms with Gasteiger partial charge in [-0.15, -0.1) is 0 Å². The molecule has 0 aliphatic carbocycles. The fourth-order valence-electron chi connectivity index (χ4n) is 4.34. The topological polar surface area (TPSA) is 257 Å². The number of hydrogen-bond donors (Lipinski definition) is 10. The minimum atomic E-state index is -1.73. The number of aliphatic hydroxyl groups is 9. The number of aliphatic hydroxyl groups excluding tert-OH is 9. The number of amides is 1. The number of rotatable bonds is 8. The van der Waals surface area contributed by atoms with E-state index in [0.717, 1.165) is 0 Å². The van der Waals surface area contributed by atoms with Crippen LogP contribution in [0.1, 0.15) is 13.3 Å². The lowest BCUT2D eigenvalue weighted by molar-refractivity contribution is -0.340. The molecule has 3 fully saturated rings. The molecule has 10 N–H and O–H groups in total. The Morgan fingerprint density at radius 1 is 0.778 bits per heavy atom. The highest BCUT2D eigenvalue weighted by atomic mass is 16.7. The van der Waals surface area contributed by atoms with Crippen molar-refractivity contribution < 1.29 is 74.4 Å². The van der Waals surface area contributed by atoms with Gasteiger partial charge in [0.2, 0.25) is 5.91 Å². The standard InChI is InChI=1S/C20H35NO15/c1-6(24)21-12-16(29)14(27)8(3-22)35-19(12)32-5-10-13(26)7(2-11(25)33-10)34-20-18(31)17(30)15(28)9(4-23)36-20/h7-20,22-23,25-31H,2-5H2,1H3,(H,21,24)/t7-,8-,9-,10-,11+,12-,13-,14-,15+,16-,17+,18-,19-,20-/m1/s1. The maximum absolute atomic E-state index is 11.5. The Balaban J connectivity index is 1.66. The van der Waals surface area contributed by atoms with Gasteiger partial charge in [0.1, 0.15) is 61.0 Å². The first kappa shape index (κ1) is 29.5. The molecule has 0 aromatic heterocycles. The van der Waals surface area contributed by atoms with E-state index in [2.05, 4.69) is 5.32 Å². The summed E-state index contributed by atoms with van der Waals surface area (Å²) < 4.78 is 27.1. The molecule has 0 spiro atoms. The molecule has 0 bridgehead atoms. The lowest BCUT2D eigenvalue weighted by atomic mass is 9.96. The van der Waals surface area contributed by atoms with Gasteiger partial charge in [0.15, 0.2) is 18.9 Å². The van der Waals surface area contributed by atoms with E-state index in [0.29, 0.717) is 0 Å². The fourth-order valence-corrected chi connectivity index (χ4v) is 4.34. The first-order chi connectivity index (χ1) is 17.0. The molecule has 210 valence electrons. The van der Waals surface area contributed by atoms with Crippen LogP contribution in [-0.4, -0.2) is 158 Å². The molecule has 36 heavy (non-hydrogen) atoms. The van der Waals surface area contributed by atoms with Crippen LogP contribution in [-0.2, 0) is 28.5 Å². The van der Waals surface area contributed by atoms with Gasteiger partial charge in [0.05, 0.1) is 25.9 Å². The third-order valence-corrected chi connectivity index (χ3v) is 6.36. The van der Waals surface area contributed by atoms with Crippen LogP contribution in [0.4, 0.5) is 0 Å². The van der Waals surface area contributed by atoms with Crippen molar-refractivity contribution in [2.24, 2.45) is 0 Å². The van der Waals surface area contributed by atoms with Gasteiger partial charge in [-0.3, -0.25) is 4.79 Å². The molecule has 14 atom stereocenters. The summed E-state index contributed by atoms with van der Waals surface area (Å²) in [6, 6.07) is -1.24. The molecule has 0 unspecified atom stereocenters. The fraction of sp³-hybridized carbons (Fsp3) is 0.950. The molecule has 0 aromatic carbocycles. The molecule has 0 radical (unpaired) electrons. The smallest absolute Gasteiger partial charge is 0.217 e. The van der Waals surface area contributed by atoms with Gasteiger partial charge in [0.25, 0.3) is 0 Å². The van der Waals surface area contributed by atoms with E-state index in [1.165, 1.54) is 6.92 Å². The third-order valence-electron chi connectivity index (χ3n) is 6.36. The zero-order chi connectivity index (χ0) is 26.7. The molecule has 16 nitrogen and oxygen atoms in total. The lowest BCUT2D eigenvalue weighted by Crippen LogP contribution is -2.65. The van der Waals surface area contributed by atoms with Crippen LogP contribution in [0.15, 0.2) is 0 Å². The SMILES string of the molecule is CC(=O)N[C@H]1[C@H](OC[C@H]2O[C@H](O)C[C@@H](O[C@@H]3O[C@H](CO)[C@H](O)[C@H](O)[C@H]3O)[C@H]2O)O[C@H](CO)[C@@H](O)[C@@H]1O. The van der Waals surface area contributed by atoms with Crippen LogP contribution >= 0.6 is 0 Å². The zero-order valence-corrected chi connectivity index (χ0v) is 19.4. The second-order valence-electron chi connectivity index (χ2n) is 8.99. The monoisotopic (exact) mass is 529 g/mol. The molecule has 3 heterocycles. The first-order valence-electron chi connectivity index (χ1n) is 11.5. The van der Waals surface area contributed by atoms with Crippen LogP contribution in [0.2, 0.25) is 0 Å². The number of nitrogens with one attached hydrogen (secondary N) is 1. The zero-order valence-electron chi connectivity index (χ0n) is 19.4. The molecular formula is C20H35NO15. The quantitative estimate of drug-likeness (QED) is 0.140. The number of hydrogen-bond acceptors (Lipinski definition) is 15. The highest BCUT2D eigenvalue weighted by molar-refractivity contribution is 5.73. The van der Waals surface area contributed by atoms with Crippen molar-refractivity contribution in [1.29, 1.82) is 0 Å². The predicted octanol–water partition coefficient (Wildman–Crippen LogP) is -6.40. The van der Waals surface area contributed by atoms with Gasteiger partial charge >= 0.3 is 0 Å². The third kappa shape index (κ3) is 6.48. The molecule has 3 aliphatic heterocycles. The summed E-state index contributed by atoms with van der Waals surface area (Å²) in [5.74, 6) is -0.566. The van der Waals surface area contributed by atoms with Crippen molar-refractivity contribution in [2.75, 3.05) is 19.8 Å². The second-order valence-corrected chi connectivity index (χ2v) is 8.99. The summed E-state index contributed by atoms with van der Waals surface area (Å²) in [6.45, 7) is -0.665. The van der Waals surface area contributed by atoms with E-state index in [1.54, 1.807) is 0 Å². The Bertz CT molecular complexity index is 715. The molecule has 0 saturated carbocycles. The van der Waals surface area contributed by atoms with Crippen LogP contribution in [0, 0.1) is 0 Å². The molecule has 3 aliphatic rings. The highest BCUT2D eigenvalue weighted by Gasteiger charge is 2.49. The van der Waals surface area contributed by atoms with Gasteiger partial charge in [-0.2, -0.15) is 0 Å². The van der Waals surface area contributed by atoms with E-state index >= 15 is 0 Å². The summed E-state index contributed by atoms with van der Waals surface area (Å²) in [4.78, 5) is 11.5. The summed E-state index contributed by atoms with van der Waals surface area (Å²) in [5, 5.41) is 92.4. The molecular weight excluding hydrogens is 494 g/mol. The maximum atomic E-state index is 11.5. The Morgan fingerprint density at radius 2 is 1.36 bits per heavy atom. The van der Waals surface area contributed by atoms with Crippen molar-refractivity contribution >= 4 is 5.91 Å². The molecule has 0 aromatic rings. The highest BCUT2D eigenvalue weighted by Crippen LogP contribution is 2.29. The molecule has 1 amide bonds. The second kappa shape index (κ2) is 12.6. The van der Waals surface area contributed by atoms with Crippen LogP contribution in [0.5, 0.6) is 0 Å². The van der Waals surface area contributed by atoms with Crippen molar-refractivity contribution in [3.05, 3.63) is 0 Å². The van der Waals surface area contributed by atoms with E-state index in [4.69, 9.17) is 23.7 Å². The predicted molar refractivity (Wildman–Crippen MR) is 111 cm³/mol. The van der Waals surface area contributed by atoms with Crippen LogP contribution in [0.3, 0.4) is 0 Å². The van der Waals surface area contributed by atoms with Gasteiger partial charge in [-0.1, -0.05) is 0 Å². The number of carbonyl (C=O) groups is 1. The lowest BCUT2D eigenvalue weighted by Gasteiger charge is -2.45. The van der Waals surface area contributed by atoms with Gasteiger partial charge < -0.3 is 75.0 Å². The summed E-state index contributed by atoms with van der Waals surface area (Å²) in [5.41, 5.74) is 0. The Morgan fingerprint density at radius 3 is 1.94 bits per heavy atom. The normalized spacial score (nSPS) is 47.9. The summed E-state index contributed by atoms with van der Waals surface area (Å²) in [7, 11) is 0. The van der Waals surface area contributed by atoms with Crippen molar-refractivity contribution in [3.8, 4) is 0 Å². The van der Waals surface area contributed by atoms with Crippen molar-refractivity contribution in [2.45, 2.75) is 99.3 Å². The Hall–Kier alpha value is -1.09. The molecule has 16 heteroatoms. The van der Waals surface area contributed by atoms with E-state index in [1.807, 2.05) is 0 Å². The molecule has 3 saturated heterocycles. The number of ether oxygens (including phenoxy) is 5. The minimum absolute atomic E-state index is 0.279. The van der Waals surface area contributed by atoms with Crippen molar-refractivity contribution in [1.82, 2.24) is 5.32 Å². The van der Waals surface area contributed by atoms with E-state index in [-0.39, 0.29) is 6.42 Å². The van der Waals surface area contributed by atoms with Crippen LogP contribution in [0.25, 0.3) is 0 Å². The van der Waals surface area contributed by atoms with Gasteiger partial charge in [-0.05, 0) is 0 Å². The summed E-state index contributed by atoms with van der Waals surface area (Å²) >= 11 is 0. The minimum Gasteiger partial charge on any atom is -0.394 e. The average Bonchev–Trinajstić information content (AvgIpc) is 2.84. The molecule has 3 rings (SSSR count). The van der Waals surface area contributed by atoms with Crippen molar-refractivity contribution in [3.63, 3.8) is 0 Å². The first-order valence-corrected chi connectivity index (χ1v) is 11.5. The van der Waals surface area contributed by atoms with E-state index in [9.17, 15) is 50.8 Å². The van der Waals surface area contributed by atoms with Gasteiger partial charge in [-0.25, -0.2) is 0 Å². The Kier molecular flexibility index (Phi) is 10.3. The maximum Gasteiger partial charge on any atom is 0.217 e. The van der Waals surface area contributed by atoms with Gasteiger partial charge in [0, 0.05) is 13.3 Å². The van der Waals surface area contributed by atoms with Crippen LogP contribution < -0.4 is 5.32 Å². The van der Waals surface area contributed by atoms with E-state index < -0.39 is 112 Å². The number of carbonyl (C=O) groups excluding carboxylic acids is 1. The largest absolute Gasteiger partial charge is 0.394 e.